The van der Waals surface area contributed by atoms with Crippen molar-refractivity contribution in [1.82, 2.24) is 4.90 Å². The van der Waals surface area contributed by atoms with Crippen LogP contribution in [0.1, 0.15) is 41.6 Å². The van der Waals surface area contributed by atoms with Crippen molar-refractivity contribution < 1.29 is 14.3 Å². The van der Waals surface area contributed by atoms with Gasteiger partial charge >= 0.3 is 0 Å². The first-order valence-electron chi connectivity index (χ1n) is 9.50. The van der Waals surface area contributed by atoms with E-state index in [2.05, 4.69) is 5.32 Å². The molecule has 144 valence electrons. The highest BCUT2D eigenvalue weighted by Crippen LogP contribution is 2.33. The number of rotatable bonds is 2. The van der Waals surface area contributed by atoms with Gasteiger partial charge in [-0.2, -0.15) is 0 Å². The maximum absolute atomic E-state index is 12.8. The van der Waals surface area contributed by atoms with Gasteiger partial charge in [-0.25, -0.2) is 0 Å². The smallest absolute Gasteiger partial charge is 0.291 e. The zero-order valence-electron chi connectivity index (χ0n) is 15.4. The van der Waals surface area contributed by atoms with E-state index in [4.69, 9.17) is 16.3 Å². The first kappa shape index (κ1) is 18.6. The molecule has 0 aliphatic carbocycles. The Morgan fingerprint density at radius 1 is 1.07 bits per heavy atom. The topological polar surface area (TPSA) is 58.6 Å². The lowest BCUT2D eigenvalue weighted by Crippen LogP contribution is -2.32. The minimum Gasteiger partial charge on any atom is -0.449 e. The summed E-state index contributed by atoms with van der Waals surface area (Å²) in [7, 11) is 0. The lowest BCUT2D eigenvalue weighted by molar-refractivity contribution is -0.115. The highest BCUT2D eigenvalue weighted by atomic mass is 35.5. The molecule has 2 aliphatic heterocycles. The number of carbonyl (C=O) groups is 2. The maximum Gasteiger partial charge on any atom is 0.291 e. The summed E-state index contributed by atoms with van der Waals surface area (Å²) in [6.07, 6.45) is 6.01. The fraction of sp³-hybridized carbons (Fsp3) is 0.273. The molecule has 0 saturated carbocycles. The highest BCUT2D eigenvalue weighted by Gasteiger charge is 2.25. The van der Waals surface area contributed by atoms with Crippen molar-refractivity contribution >= 4 is 35.2 Å². The average molecular weight is 397 g/mol. The third kappa shape index (κ3) is 3.90. The van der Waals surface area contributed by atoms with E-state index in [1.807, 2.05) is 23.1 Å². The quantitative estimate of drug-likeness (QED) is 0.746. The van der Waals surface area contributed by atoms with Crippen LogP contribution in [0, 0.1) is 0 Å². The van der Waals surface area contributed by atoms with Gasteiger partial charge in [0, 0.05) is 23.7 Å². The Morgan fingerprint density at radius 3 is 2.57 bits per heavy atom. The number of amides is 2. The van der Waals surface area contributed by atoms with E-state index in [-0.39, 0.29) is 17.6 Å². The molecular formula is C22H21ClN2O3. The van der Waals surface area contributed by atoms with E-state index in [1.165, 1.54) is 12.8 Å². The van der Waals surface area contributed by atoms with Gasteiger partial charge in [-0.05, 0) is 48.7 Å². The summed E-state index contributed by atoms with van der Waals surface area (Å²) in [5.74, 6) is 0.292. The molecule has 1 saturated heterocycles. The maximum atomic E-state index is 12.8. The van der Waals surface area contributed by atoms with Gasteiger partial charge in [0.1, 0.15) is 0 Å². The second kappa shape index (κ2) is 8.07. The van der Waals surface area contributed by atoms with Gasteiger partial charge < -0.3 is 15.0 Å². The molecule has 0 atom stereocenters. The largest absolute Gasteiger partial charge is 0.449 e. The summed E-state index contributed by atoms with van der Waals surface area (Å²) in [6, 6.07) is 12.4. The number of benzene rings is 2. The summed E-state index contributed by atoms with van der Waals surface area (Å²) in [4.78, 5) is 27.2. The number of hydrogen-bond donors (Lipinski definition) is 1. The molecule has 2 heterocycles. The molecular weight excluding hydrogens is 376 g/mol. The summed E-state index contributed by atoms with van der Waals surface area (Å²) < 4.78 is 5.77. The van der Waals surface area contributed by atoms with E-state index in [1.54, 1.807) is 30.3 Å². The molecule has 5 nitrogen and oxygen atoms in total. The van der Waals surface area contributed by atoms with Crippen LogP contribution >= 0.6 is 11.6 Å². The Morgan fingerprint density at radius 2 is 1.82 bits per heavy atom. The van der Waals surface area contributed by atoms with E-state index in [0.717, 1.165) is 25.9 Å². The Labute approximate surface area is 168 Å². The van der Waals surface area contributed by atoms with Gasteiger partial charge in [-0.3, -0.25) is 9.59 Å². The van der Waals surface area contributed by atoms with Crippen LogP contribution in [0.5, 0.6) is 5.75 Å². The number of carbonyl (C=O) groups excluding carboxylic acids is 2. The van der Waals surface area contributed by atoms with Crippen molar-refractivity contribution in [1.29, 1.82) is 0 Å². The Balaban J connectivity index is 1.57. The second-order valence-corrected chi connectivity index (χ2v) is 7.41. The minimum atomic E-state index is -0.369. The van der Waals surface area contributed by atoms with Gasteiger partial charge in [0.2, 0.25) is 0 Å². The standard InChI is InChI=1S/C22H21ClN2O3/c23-17-8-4-3-7-15(17)14-20-21(26)24-18-13-16(9-10-19(18)28-20)22(27)25-11-5-1-2-6-12-25/h3-4,7-10,13-14H,1-2,5-6,11-12H2,(H,24,26)/b20-14+. The second-order valence-electron chi connectivity index (χ2n) is 7.00. The van der Waals surface area contributed by atoms with E-state index >= 15 is 0 Å². The van der Waals surface area contributed by atoms with Crippen molar-refractivity contribution in [3.05, 3.63) is 64.4 Å². The van der Waals surface area contributed by atoms with Crippen LogP contribution in [0.25, 0.3) is 6.08 Å². The third-order valence-electron chi connectivity index (χ3n) is 5.00. The van der Waals surface area contributed by atoms with Crippen molar-refractivity contribution in [2.75, 3.05) is 18.4 Å². The minimum absolute atomic E-state index is 0.00337. The lowest BCUT2D eigenvalue weighted by atomic mass is 10.1. The summed E-state index contributed by atoms with van der Waals surface area (Å²) in [5.41, 5.74) is 1.76. The summed E-state index contributed by atoms with van der Waals surface area (Å²) >= 11 is 6.16. The van der Waals surface area contributed by atoms with E-state index in [0.29, 0.717) is 27.6 Å². The molecule has 1 fully saturated rings. The van der Waals surface area contributed by atoms with Gasteiger partial charge in [-0.15, -0.1) is 0 Å². The predicted molar refractivity (Wildman–Crippen MR) is 110 cm³/mol. The molecule has 1 N–H and O–H groups in total. The molecule has 0 aromatic heterocycles. The monoisotopic (exact) mass is 396 g/mol. The highest BCUT2D eigenvalue weighted by molar-refractivity contribution is 6.32. The Hall–Kier alpha value is -2.79. The van der Waals surface area contributed by atoms with Crippen LogP contribution in [-0.2, 0) is 4.79 Å². The first-order valence-corrected chi connectivity index (χ1v) is 9.88. The number of halogens is 1. The summed E-state index contributed by atoms with van der Waals surface area (Å²) in [6.45, 7) is 1.56. The number of hydrogen-bond acceptors (Lipinski definition) is 3. The molecule has 2 aromatic carbocycles. The Kier molecular flexibility index (Phi) is 5.35. The molecule has 2 aromatic rings. The van der Waals surface area contributed by atoms with Gasteiger partial charge in [-0.1, -0.05) is 42.6 Å². The number of likely N-dealkylation sites (tertiary alicyclic amines) is 1. The van der Waals surface area contributed by atoms with E-state index in [9.17, 15) is 9.59 Å². The average Bonchev–Trinajstić information content (AvgIpc) is 2.99. The van der Waals surface area contributed by atoms with Crippen molar-refractivity contribution in [3.63, 3.8) is 0 Å². The van der Waals surface area contributed by atoms with Gasteiger partial charge in [0.15, 0.2) is 11.5 Å². The number of fused-ring (bicyclic) bond motifs is 1. The van der Waals surface area contributed by atoms with E-state index < -0.39 is 0 Å². The molecule has 2 aliphatic rings. The van der Waals surface area contributed by atoms with Crippen LogP contribution in [0.4, 0.5) is 5.69 Å². The fourth-order valence-electron chi connectivity index (χ4n) is 3.48. The number of nitrogens with zero attached hydrogens (tertiary/aromatic N) is 1. The molecule has 0 unspecified atom stereocenters. The molecule has 6 heteroatoms. The molecule has 28 heavy (non-hydrogen) atoms. The van der Waals surface area contributed by atoms with Crippen LogP contribution in [0.3, 0.4) is 0 Å². The Bertz CT molecular complexity index is 947. The van der Waals surface area contributed by atoms with Crippen LogP contribution in [-0.4, -0.2) is 29.8 Å². The fourth-order valence-corrected chi connectivity index (χ4v) is 3.67. The van der Waals surface area contributed by atoms with Gasteiger partial charge in [0.25, 0.3) is 11.8 Å². The van der Waals surface area contributed by atoms with Gasteiger partial charge in [0.05, 0.1) is 5.69 Å². The lowest BCUT2D eigenvalue weighted by Gasteiger charge is -2.23. The van der Waals surface area contributed by atoms with Crippen LogP contribution < -0.4 is 10.1 Å². The number of ether oxygens (including phenoxy) is 1. The molecule has 0 bridgehead atoms. The zero-order chi connectivity index (χ0) is 19.5. The zero-order valence-corrected chi connectivity index (χ0v) is 16.2. The van der Waals surface area contributed by atoms with Crippen molar-refractivity contribution in [3.8, 4) is 5.75 Å². The van der Waals surface area contributed by atoms with Crippen LogP contribution in [0.15, 0.2) is 48.2 Å². The normalized spacial score (nSPS) is 18.1. The predicted octanol–water partition coefficient (Wildman–Crippen LogP) is 4.73. The molecule has 2 amide bonds. The van der Waals surface area contributed by atoms with Crippen molar-refractivity contribution in [2.45, 2.75) is 25.7 Å². The van der Waals surface area contributed by atoms with Crippen molar-refractivity contribution in [2.24, 2.45) is 0 Å². The SMILES string of the molecule is O=C1Nc2cc(C(=O)N3CCCCCC3)ccc2O/C1=C/c1ccccc1Cl. The third-order valence-corrected chi connectivity index (χ3v) is 5.35. The van der Waals surface area contributed by atoms with Crippen LogP contribution in [0.2, 0.25) is 5.02 Å². The molecule has 4 rings (SSSR count). The number of nitrogens with one attached hydrogen (secondary N) is 1. The molecule has 0 radical (unpaired) electrons. The summed E-state index contributed by atoms with van der Waals surface area (Å²) in [5, 5.41) is 3.35. The number of anilines is 1. The molecule has 0 spiro atoms. The first-order chi connectivity index (χ1) is 13.6.